The van der Waals surface area contributed by atoms with Crippen molar-refractivity contribution >= 4 is 11.6 Å². The molecule has 0 amide bonds. The lowest BCUT2D eigenvalue weighted by Gasteiger charge is -2.13. The third-order valence-corrected chi connectivity index (χ3v) is 4.65. The highest BCUT2D eigenvalue weighted by Gasteiger charge is 2.26. The van der Waals surface area contributed by atoms with Crippen molar-refractivity contribution in [1.29, 1.82) is 0 Å². The van der Waals surface area contributed by atoms with Gasteiger partial charge in [-0.1, -0.05) is 25.4 Å². The summed E-state index contributed by atoms with van der Waals surface area (Å²) in [5.74, 6) is 0.758. The standard InChI is InChI=1S/C15H26ClN3/c1-4-13-15(16)14(19(6-3)18-13)10-11-7-8-12(9-11)17-5-2/h11-12,17H,4-10H2,1-3H3. The Kier molecular flexibility index (Phi) is 5.28. The van der Waals surface area contributed by atoms with Gasteiger partial charge in [-0.25, -0.2) is 0 Å². The second kappa shape index (κ2) is 6.76. The molecule has 0 radical (unpaired) electrons. The van der Waals surface area contributed by atoms with E-state index in [1.54, 1.807) is 0 Å². The lowest BCUT2D eigenvalue weighted by molar-refractivity contribution is 0.476. The number of nitrogens with zero attached hydrogens (tertiary/aromatic N) is 2. The maximum Gasteiger partial charge on any atom is 0.0849 e. The zero-order valence-corrected chi connectivity index (χ0v) is 13.1. The van der Waals surface area contributed by atoms with E-state index in [0.29, 0.717) is 6.04 Å². The molecule has 1 aliphatic rings. The van der Waals surface area contributed by atoms with E-state index in [4.69, 9.17) is 11.6 Å². The van der Waals surface area contributed by atoms with Crippen molar-refractivity contribution in [3.63, 3.8) is 0 Å². The van der Waals surface area contributed by atoms with Gasteiger partial charge in [-0.2, -0.15) is 5.10 Å². The second-order valence-corrected chi connectivity index (χ2v) is 5.89. The topological polar surface area (TPSA) is 29.9 Å². The highest BCUT2D eigenvalue weighted by molar-refractivity contribution is 6.31. The van der Waals surface area contributed by atoms with Gasteiger partial charge in [0.2, 0.25) is 0 Å². The van der Waals surface area contributed by atoms with Gasteiger partial charge in [0, 0.05) is 12.6 Å². The van der Waals surface area contributed by atoms with Crippen molar-refractivity contribution < 1.29 is 0 Å². The van der Waals surface area contributed by atoms with Crippen LogP contribution >= 0.6 is 11.6 Å². The smallest absolute Gasteiger partial charge is 0.0849 e. The van der Waals surface area contributed by atoms with Crippen LogP contribution in [-0.4, -0.2) is 22.4 Å². The number of hydrogen-bond donors (Lipinski definition) is 1. The summed E-state index contributed by atoms with van der Waals surface area (Å²) in [6.45, 7) is 8.43. The summed E-state index contributed by atoms with van der Waals surface area (Å²) in [5, 5.41) is 9.09. The van der Waals surface area contributed by atoms with Crippen LogP contribution in [0.2, 0.25) is 5.02 Å². The maximum absolute atomic E-state index is 6.49. The Morgan fingerprint density at radius 1 is 1.32 bits per heavy atom. The Bertz CT molecular complexity index is 414. The second-order valence-electron chi connectivity index (χ2n) is 5.51. The summed E-state index contributed by atoms with van der Waals surface area (Å²) in [5.41, 5.74) is 2.31. The van der Waals surface area contributed by atoms with Crippen LogP contribution < -0.4 is 5.32 Å². The van der Waals surface area contributed by atoms with Gasteiger partial charge in [-0.05, 0) is 51.5 Å². The third-order valence-electron chi connectivity index (χ3n) is 4.21. The van der Waals surface area contributed by atoms with E-state index in [-0.39, 0.29) is 0 Å². The zero-order valence-electron chi connectivity index (χ0n) is 12.4. The van der Waals surface area contributed by atoms with Crippen molar-refractivity contribution in [2.24, 2.45) is 5.92 Å². The van der Waals surface area contributed by atoms with Gasteiger partial charge < -0.3 is 5.32 Å². The fraction of sp³-hybridized carbons (Fsp3) is 0.800. The van der Waals surface area contributed by atoms with Gasteiger partial charge in [0.1, 0.15) is 0 Å². The van der Waals surface area contributed by atoms with Gasteiger partial charge in [0.05, 0.1) is 16.4 Å². The Labute approximate surface area is 121 Å². The Hall–Kier alpha value is -0.540. The average Bonchev–Trinajstić information content (AvgIpc) is 2.97. The predicted molar refractivity (Wildman–Crippen MR) is 80.8 cm³/mol. The van der Waals surface area contributed by atoms with E-state index in [1.807, 2.05) is 0 Å². The van der Waals surface area contributed by atoms with E-state index < -0.39 is 0 Å². The number of rotatable bonds is 6. The van der Waals surface area contributed by atoms with Crippen LogP contribution in [0.25, 0.3) is 0 Å². The first-order chi connectivity index (χ1) is 9.19. The minimum Gasteiger partial charge on any atom is -0.314 e. The van der Waals surface area contributed by atoms with Crippen molar-refractivity contribution in [3.8, 4) is 0 Å². The van der Waals surface area contributed by atoms with Crippen molar-refractivity contribution in [1.82, 2.24) is 15.1 Å². The van der Waals surface area contributed by atoms with Crippen LogP contribution in [0.15, 0.2) is 0 Å². The molecule has 4 heteroatoms. The van der Waals surface area contributed by atoms with Gasteiger partial charge >= 0.3 is 0 Å². The zero-order chi connectivity index (χ0) is 13.8. The van der Waals surface area contributed by atoms with E-state index in [2.05, 4.69) is 35.9 Å². The third kappa shape index (κ3) is 3.32. The lowest BCUT2D eigenvalue weighted by atomic mass is 10.0. The Balaban J connectivity index is 2.05. The normalized spacial score (nSPS) is 23.2. The molecule has 1 aliphatic carbocycles. The maximum atomic E-state index is 6.49. The van der Waals surface area contributed by atoms with E-state index in [9.17, 15) is 0 Å². The number of halogens is 1. The van der Waals surface area contributed by atoms with Gasteiger partial charge in [-0.15, -0.1) is 0 Å². The number of hydrogen-bond acceptors (Lipinski definition) is 2. The summed E-state index contributed by atoms with van der Waals surface area (Å²) in [6.07, 6.45) is 5.90. The molecule has 1 heterocycles. The van der Waals surface area contributed by atoms with Crippen LogP contribution in [0, 0.1) is 5.92 Å². The predicted octanol–water partition coefficient (Wildman–Crippen LogP) is 3.44. The molecule has 0 spiro atoms. The van der Waals surface area contributed by atoms with Crippen LogP contribution in [0.3, 0.4) is 0 Å². The molecule has 1 aromatic rings. The molecule has 108 valence electrons. The van der Waals surface area contributed by atoms with E-state index in [1.165, 1.54) is 25.0 Å². The molecular weight excluding hydrogens is 258 g/mol. The molecule has 0 aliphatic heterocycles. The van der Waals surface area contributed by atoms with Crippen molar-refractivity contribution in [2.75, 3.05) is 6.54 Å². The molecule has 3 nitrogen and oxygen atoms in total. The molecular formula is C15H26ClN3. The summed E-state index contributed by atoms with van der Waals surface area (Å²) < 4.78 is 2.10. The molecule has 1 saturated carbocycles. The first-order valence-electron chi connectivity index (χ1n) is 7.66. The lowest BCUT2D eigenvalue weighted by Crippen LogP contribution is -2.26. The minimum atomic E-state index is 0.706. The van der Waals surface area contributed by atoms with Gasteiger partial charge in [0.15, 0.2) is 0 Å². The monoisotopic (exact) mass is 283 g/mol. The number of nitrogens with one attached hydrogen (secondary N) is 1. The highest BCUT2D eigenvalue weighted by atomic mass is 35.5. The summed E-state index contributed by atoms with van der Waals surface area (Å²) >= 11 is 6.49. The molecule has 1 N–H and O–H groups in total. The van der Waals surface area contributed by atoms with Crippen molar-refractivity contribution in [2.45, 2.75) is 65.5 Å². The van der Waals surface area contributed by atoms with Crippen LogP contribution in [0.4, 0.5) is 0 Å². The van der Waals surface area contributed by atoms with Crippen LogP contribution in [0.1, 0.15) is 51.4 Å². The molecule has 0 bridgehead atoms. The quantitative estimate of drug-likeness (QED) is 0.867. The van der Waals surface area contributed by atoms with Gasteiger partial charge in [0.25, 0.3) is 0 Å². The number of aryl methyl sites for hydroxylation is 2. The fourth-order valence-electron chi connectivity index (χ4n) is 3.22. The first kappa shape index (κ1) is 14.9. The Morgan fingerprint density at radius 2 is 2.11 bits per heavy atom. The molecule has 19 heavy (non-hydrogen) atoms. The van der Waals surface area contributed by atoms with Crippen molar-refractivity contribution in [3.05, 3.63) is 16.4 Å². The molecule has 0 aromatic carbocycles. The molecule has 1 fully saturated rings. The van der Waals surface area contributed by atoms with E-state index in [0.717, 1.165) is 42.6 Å². The molecule has 2 rings (SSSR count). The SMILES string of the molecule is CCNC1CCC(Cc2c(Cl)c(CC)nn2CC)C1. The van der Waals surface area contributed by atoms with Gasteiger partial charge in [-0.3, -0.25) is 4.68 Å². The molecule has 0 saturated heterocycles. The molecule has 2 unspecified atom stereocenters. The minimum absolute atomic E-state index is 0.706. The molecule has 2 atom stereocenters. The van der Waals surface area contributed by atoms with Crippen LogP contribution in [0.5, 0.6) is 0 Å². The molecule has 1 aromatic heterocycles. The largest absolute Gasteiger partial charge is 0.314 e. The highest BCUT2D eigenvalue weighted by Crippen LogP contribution is 2.32. The fourth-order valence-corrected chi connectivity index (χ4v) is 3.57. The Morgan fingerprint density at radius 3 is 2.74 bits per heavy atom. The van der Waals surface area contributed by atoms with Crippen LogP contribution in [-0.2, 0) is 19.4 Å². The summed E-state index contributed by atoms with van der Waals surface area (Å²) in [7, 11) is 0. The number of aromatic nitrogens is 2. The average molecular weight is 284 g/mol. The van der Waals surface area contributed by atoms with E-state index >= 15 is 0 Å². The first-order valence-corrected chi connectivity index (χ1v) is 8.04. The summed E-state index contributed by atoms with van der Waals surface area (Å²) in [6, 6.07) is 0.706. The summed E-state index contributed by atoms with van der Waals surface area (Å²) in [4.78, 5) is 0.